The van der Waals surface area contributed by atoms with Crippen LogP contribution < -0.4 is 4.74 Å². The average molecular weight is 306 g/mol. The highest BCUT2D eigenvalue weighted by molar-refractivity contribution is 5.83. The van der Waals surface area contributed by atoms with Crippen LogP contribution in [-0.2, 0) is 4.74 Å². The molecule has 0 bridgehead atoms. The lowest BCUT2D eigenvalue weighted by Gasteiger charge is -2.39. The summed E-state index contributed by atoms with van der Waals surface area (Å²) in [5.74, 6) is 0.461. The predicted molar refractivity (Wildman–Crippen MR) is 78.3 cm³/mol. The lowest BCUT2D eigenvalue weighted by molar-refractivity contribution is -0.277. The van der Waals surface area contributed by atoms with E-state index in [9.17, 15) is 15.3 Å². The first-order chi connectivity index (χ1) is 10.6. The van der Waals surface area contributed by atoms with Crippen molar-refractivity contribution in [2.24, 2.45) is 0 Å². The molecule has 2 aromatic rings. The second-order valence-corrected chi connectivity index (χ2v) is 5.32. The number of rotatable bonds is 3. The van der Waals surface area contributed by atoms with E-state index in [-0.39, 0.29) is 0 Å². The molecule has 1 aliphatic rings. The molecule has 2 aromatic carbocycles. The van der Waals surface area contributed by atoms with Crippen LogP contribution in [0.5, 0.6) is 5.75 Å². The molecule has 1 saturated heterocycles. The van der Waals surface area contributed by atoms with Gasteiger partial charge >= 0.3 is 0 Å². The average Bonchev–Trinajstić information content (AvgIpc) is 2.55. The van der Waals surface area contributed by atoms with Crippen LogP contribution >= 0.6 is 0 Å². The fourth-order valence-corrected chi connectivity index (χ4v) is 2.54. The Balaban J connectivity index is 1.80. The molecule has 0 spiro atoms. The van der Waals surface area contributed by atoms with Gasteiger partial charge in [-0.1, -0.05) is 30.3 Å². The normalized spacial score (nSPS) is 32.1. The third-order valence-electron chi connectivity index (χ3n) is 3.82. The number of fused-ring (bicyclic) bond motifs is 1. The quantitative estimate of drug-likeness (QED) is 0.638. The molecule has 0 amide bonds. The summed E-state index contributed by atoms with van der Waals surface area (Å²) in [6, 6.07) is 13.1. The number of ether oxygens (including phenoxy) is 2. The van der Waals surface area contributed by atoms with Gasteiger partial charge in [0, 0.05) is 0 Å². The van der Waals surface area contributed by atoms with E-state index in [1.54, 1.807) is 12.1 Å². The molecule has 1 heterocycles. The first-order valence-corrected chi connectivity index (χ1v) is 7.06. The maximum atomic E-state index is 9.95. The van der Waals surface area contributed by atoms with Crippen molar-refractivity contribution in [2.75, 3.05) is 6.61 Å². The van der Waals surface area contributed by atoms with E-state index in [2.05, 4.69) is 0 Å². The Morgan fingerprint density at radius 1 is 0.909 bits per heavy atom. The Bertz CT molecular complexity index is 643. The van der Waals surface area contributed by atoms with Gasteiger partial charge in [-0.25, -0.2) is 0 Å². The van der Waals surface area contributed by atoms with Gasteiger partial charge in [0.25, 0.3) is 0 Å². The third-order valence-corrected chi connectivity index (χ3v) is 3.82. The van der Waals surface area contributed by atoms with Crippen molar-refractivity contribution in [3.05, 3.63) is 42.5 Å². The molecule has 22 heavy (non-hydrogen) atoms. The third kappa shape index (κ3) is 2.79. The highest BCUT2D eigenvalue weighted by atomic mass is 16.7. The van der Waals surface area contributed by atoms with Crippen LogP contribution in [0.3, 0.4) is 0 Å². The Kier molecular flexibility index (Phi) is 4.28. The lowest BCUT2D eigenvalue weighted by atomic mass is 9.99. The van der Waals surface area contributed by atoms with Crippen molar-refractivity contribution in [3.63, 3.8) is 0 Å². The van der Waals surface area contributed by atoms with Crippen molar-refractivity contribution in [1.82, 2.24) is 0 Å². The standard InChI is InChI=1S/C16H18O6/c17-8-12-13(18)14(19)15(20)16(22-12)21-11-6-5-9-3-1-2-4-10(9)7-11/h1-7,12-20H,8H2/t12-,13-,14-,15-,16+/m1/s1. The zero-order valence-electron chi connectivity index (χ0n) is 11.7. The van der Waals surface area contributed by atoms with E-state index in [1.165, 1.54) is 0 Å². The van der Waals surface area contributed by atoms with Gasteiger partial charge in [0.2, 0.25) is 6.29 Å². The maximum absolute atomic E-state index is 9.95. The number of aliphatic hydroxyl groups is 4. The predicted octanol–water partition coefficient (Wildman–Crippen LogP) is 0.0185. The first kappa shape index (κ1) is 15.2. The summed E-state index contributed by atoms with van der Waals surface area (Å²) >= 11 is 0. The molecule has 118 valence electrons. The summed E-state index contributed by atoms with van der Waals surface area (Å²) < 4.78 is 10.9. The maximum Gasteiger partial charge on any atom is 0.229 e. The highest BCUT2D eigenvalue weighted by Crippen LogP contribution is 2.26. The summed E-state index contributed by atoms with van der Waals surface area (Å²) in [5.41, 5.74) is 0. The molecular weight excluding hydrogens is 288 g/mol. The number of hydrogen-bond donors (Lipinski definition) is 4. The molecule has 6 nitrogen and oxygen atoms in total. The molecule has 5 atom stereocenters. The Hall–Kier alpha value is -1.70. The van der Waals surface area contributed by atoms with Gasteiger partial charge in [0.15, 0.2) is 0 Å². The molecule has 0 aliphatic carbocycles. The van der Waals surface area contributed by atoms with Crippen LogP contribution in [0.25, 0.3) is 10.8 Å². The molecule has 0 radical (unpaired) electrons. The highest BCUT2D eigenvalue weighted by Gasteiger charge is 2.44. The molecule has 0 unspecified atom stereocenters. The van der Waals surface area contributed by atoms with Crippen molar-refractivity contribution >= 4 is 10.8 Å². The van der Waals surface area contributed by atoms with E-state index in [1.807, 2.05) is 30.3 Å². The minimum absolute atomic E-state index is 0.461. The first-order valence-electron chi connectivity index (χ1n) is 7.06. The fourth-order valence-electron chi connectivity index (χ4n) is 2.54. The summed E-state index contributed by atoms with van der Waals surface area (Å²) in [6.07, 6.45) is -6.40. The van der Waals surface area contributed by atoms with E-state index >= 15 is 0 Å². The monoisotopic (exact) mass is 306 g/mol. The lowest BCUT2D eigenvalue weighted by Crippen LogP contribution is -2.60. The van der Waals surface area contributed by atoms with E-state index in [0.717, 1.165) is 10.8 Å². The molecule has 0 aromatic heterocycles. The molecule has 1 fully saturated rings. The number of aliphatic hydroxyl groups excluding tert-OH is 4. The zero-order valence-corrected chi connectivity index (χ0v) is 11.7. The Morgan fingerprint density at radius 3 is 2.36 bits per heavy atom. The second kappa shape index (κ2) is 6.20. The van der Waals surface area contributed by atoms with Crippen LogP contribution in [0.2, 0.25) is 0 Å². The summed E-state index contributed by atoms with van der Waals surface area (Å²) in [5, 5.41) is 40.6. The topological polar surface area (TPSA) is 99.4 Å². The van der Waals surface area contributed by atoms with E-state index in [4.69, 9.17) is 14.6 Å². The smallest absolute Gasteiger partial charge is 0.229 e. The second-order valence-electron chi connectivity index (χ2n) is 5.32. The van der Waals surface area contributed by atoms with E-state index < -0.39 is 37.3 Å². The van der Waals surface area contributed by atoms with Gasteiger partial charge in [0.05, 0.1) is 6.61 Å². The Labute approximate surface area is 127 Å². The van der Waals surface area contributed by atoms with Crippen LogP contribution in [0, 0.1) is 0 Å². The van der Waals surface area contributed by atoms with Crippen LogP contribution in [0.15, 0.2) is 42.5 Å². The van der Waals surface area contributed by atoms with Crippen LogP contribution in [0.4, 0.5) is 0 Å². The van der Waals surface area contributed by atoms with Crippen molar-refractivity contribution in [2.45, 2.75) is 30.7 Å². The molecule has 6 heteroatoms. The minimum atomic E-state index is -1.45. The molecular formula is C16H18O6. The number of benzene rings is 2. The summed E-state index contributed by atoms with van der Waals surface area (Å²) in [6.45, 7) is -0.484. The van der Waals surface area contributed by atoms with Crippen molar-refractivity contribution in [3.8, 4) is 5.75 Å². The largest absolute Gasteiger partial charge is 0.462 e. The zero-order chi connectivity index (χ0) is 15.7. The van der Waals surface area contributed by atoms with E-state index in [0.29, 0.717) is 5.75 Å². The van der Waals surface area contributed by atoms with Gasteiger partial charge in [-0.3, -0.25) is 0 Å². The molecule has 0 saturated carbocycles. The van der Waals surface area contributed by atoms with Crippen molar-refractivity contribution < 1.29 is 29.9 Å². The molecule has 1 aliphatic heterocycles. The van der Waals surface area contributed by atoms with Crippen molar-refractivity contribution in [1.29, 1.82) is 0 Å². The molecule has 4 N–H and O–H groups in total. The summed E-state index contributed by atoms with van der Waals surface area (Å²) in [4.78, 5) is 0. The number of hydrogen-bond acceptors (Lipinski definition) is 6. The van der Waals surface area contributed by atoms with Gasteiger partial charge in [-0.2, -0.15) is 0 Å². The van der Waals surface area contributed by atoms with Crippen LogP contribution in [-0.4, -0.2) is 57.7 Å². The van der Waals surface area contributed by atoms with Gasteiger partial charge in [0.1, 0.15) is 30.2 Å². The van der Waals surface area contributed by atoms with Crippen LogP contribution in [0.1, 0.15) is 0 Å². The Morgan fingerprint density at radius 2 is 1.64 bits per heavy atom. The van der Waals surface area contributed by atoms with Gasteiger partial charge in [-0.05, 0) is 22.9 Å². The molecule has 3 rings (SSSR count). The summed E-state index contributed by atoms with van der Waals surface area (Å²) in [7, 11) is 0. The minimum Gasteiger partial charge on any atom is -0.462 e. The fraction of sp³-hybridized carbons (Fsp3) is 0.375. The van der Waals surface area contributed by atoms with Gasteiger partial charge in [-0.15, -0.1) is 0 Å². The van der Waals surface area contributed by atoms with Gasteiger partial charge < -0.3 is 29.9 Å². The SMILES string of the molecule is OC[C@H]1O[C@H](Oc2ccc3ccccc3c2)[C@H](O)[C@H](O)[C@@H]1O.